The van der Waals surface area contributed by atoms with Crippen molar-refractivity contribution in [3.63, 3.8) is 0 Å². The predicted octanol–water partition coefficient (Wildman–Crippen LogP) is 2.70. The smallest absolute Gasteiger partial charge is 0.318 e. The average Bonchev–Trinajstić information content (AvgIpc) is 3.11. The van der Waals surface area contributed by atoms with E-state index in [0.717, 1.165) is 10.4 Å². The van der Waals surface area contributed by atoms with Gasteiger partial charge in [-0.2, -0.15) is 0 Å². The van der Waals surface area contributed by atoms with Crippen molar-refractivity contribution in [1.82, 2.24) is 10.2 Å². The second-order valence-corrected chi connectivity index (χ2v) is 5.32. The first-order chi connectivity index (χ1) is 9.79. The average molecular weight is 294 g/mol. The number of nitrogens with zero attached hydrogens (tertiary/aromatic N) is 1. The van der Waals surface area contributed by atoms with Crippen molar-refractivity contribution in [2.24, 2.45) is 0 Å². The molecule has 2 aromatic rings. The van der Waals surface area contributed by atoms with E-state index in [9.17, 15) is 4.79 Å². The van der Waals surface area contributed by atoms with Crippen LogP contribution in [0.5, 0.6) is 0 Å². The molecule has 2 aromatic heterocycles. The summed E-state index contributed by atoms with van der Waals surface area (Å²) in [6, 6.07) is 5.77. The number of furan rings is 1. The lowest BCUT2D eigenvalue weighted by Crippen LogP contribution is -2.40. The number of amides is 2. The number of ether oxygens (including phenoxy) is 1. The Balaban J connectivity index is 1.97. The number of thiophene rings is 1. The zero-order chi connectivity index (χ0) is 14.2. The molecule has 108 valence electrons. The molecule has 6 heteroatoms. The largest absolute Gasteiger partial charge is 0.472 e. The van der Waals surface area contributed by atoms with Gasteiger partial charge in [0, 0.05) is 24.1 Å². The van der Waals surface area contributed by atoms with E-state index in [2.05, 4.69) is 5.32 Å². The number of rotatable bonds is 7. The highest BCUT2D eigenvalue weighted by Crippen LogP contribution is 2.14. The van der Waals surface area contributed by atoms with E-state index in [-0.39, 0.29) is 6.03 Å². The molecule has 0 saturated heterocycles. The molecular formula is C14H18N2O3S. The summed E-state index contributed by atoms with van der Waals surface area (Å²) >= 11 is 1.64. The lowest BCUT2D eigenvalue weighted by atomic mass is 10.3. The monoisotopic (exact) mass is 294 g/mol. The number of urea groups is 1. The molecule has 5 nitrogen and oxygen atoms in total. The first-order valence-corrected chi connectivity index (χ1v) is 7.22. The lowest BCUT2D eigenvalue weighted by molar-refractivity contribution is 0.176. The topological polar surface area (TPSA) is 54.7 Å². The van der Waals surface area contributed by atoms with Gasteiger partial charge in [0.2, 0.25) is 0 Å². The number of methoxy groups -OCH3 is 1. The number of nitrogens with one attached hydrogen (secondary N) is 1. The molecule has 2 amide bonds. The minimum atomic E-state index is -0.100. The second kappa shape index (κ2) is 7.72. The maximum Gasteiger partial charge on any atom is 0.318 e. The van der Waals surface area contributed by atoms with Crippen molar-refractivity contribution in [1.29, 1.82) is 0 Å². The number of hydrogen-bond donors (Lipinski definition) is 1. The third kappa shape index (κ3) is 4.40. The number of carbonyl (C=O) groups excluding carboxylic acids is 1. The van der Waals surface area contributed by atoms with Crippen LogP contribution in [0.1, 0.15) is 10.4 Å². The summed E-state index contributed by atoms with van der Waals surface area (Å²) in [4.78, 5) is 15.1. The van der Waals surface area contributed by atoms with Crippen molar-refractivity contribution in [3.05, 3.63) is 46.5 Å². The van der Waals surface area contributed by atoms with Crippen molar-refractivity contribution >= 4 is 17.4 Å². The molecule has 0 aliphatic carbocycles. The van der Waals surface area contributed by atoms with Gasteiger partial charge in [-0.25, -0.2) is 4.79 Å². The number of hydrogen-bond acceptors (Lipinski definition) is 4. The predicted molar refractivity (Wildman–Crippen MR) is 77.5 cm³/mol. The van der Waals surface area contributed by atoms with Gasteiger partial charge >= 0.3 is 6.03 Å². The lowest BCUT2D eigenvalue weighted by Gasteiger charge is -2.22. The van der Waals surface area contributed by atoms with Gasteiger partial charge in [-0.15, -0.1) is 11.3 Å². The summed E-state index contributed by atoms with van der Waals surface area (Å²) in [7, 11) is 1.61. The van der Waals surface area contributed by atoms with Crippen LogP contribution in [0.3, 0.4) is 0 Å². The highest BCUT2D eigenvalue weighted by Gasteiger charge is 2.15. The van der Waals surface area contributed by atoms with Crippen LogP contribution < -0.4 is 5.32 Å². The van der Waals surface area contributed by atoms with E-state index >= 15 is 0 Å². The zero-order valence-corrected chi connectivity index (χ0v) is 12.2. The zero-order valence-electron chi connectivity index (χ0n) is 11.4. The molecule has 0 radical (unpaired) electrons. The van der Waals surface area contributed by atoms with Crippen LogP contribution in [-0.2, 0) is 17.8 Å². The van der Waals surface area contributed by atoms with Gasteiger partial charge in [-0.3, -0.25) is 0 Å². The third-order valence-electron chi connectivity index (χ3n) is 2.75. The van der Waals surface area contributed by atoms with Crippen LogP contribution >= 0.6 is 11.3 Å². The Morgan fingerprint density at radius 2 is 2.35 bits per heavy atom. The molecule has 0 saturated carbocycles. The molecule has 0 spiro atoms. The minimum Gasteiger partial charge on any atom is -0.472 e. The normalized spacial score (nSPS) is 10.4. The van der Waals surface area contributed by atoms with E-state index in [1.165, 1.54) is 0 Å². The van der Waals surface area contributed by atoms with Crippen molar-refractivity contribution in [3.8, 4) is 0 Å². The summed E-state index contributed by atoms with van der Waals surface area (Å²) in [6.07, 6.45) is 3.27. The standard InChI is InChI=1S/C14H18N2O3S/c1-18-7-5-15-14(17)16(9-12-4-6-19-11-12)10-13-3-2-8-20-13/h2-4,6,8,11H,5,7,9-10H2,1H3,(H,15,17). The molecule has 0 aromatic carbocycles. The summed E-state index contributed by atoms with van der Waals surface area (Å²) in [5, 5.41) is 4.85. The fraction of sp³-hybridized carbons (Fsp3) is 0.357. The molecular weight excluding hydrogens is 276 g/mol. The Labute approximate surface area is 122 Å². The molecule has 2 rings (SSSR count). The van der Waals surface area contributed by atoms with Gasteiger partial charge in [-0.05, 0) is 17.5 Å². The summed E-state index contributed by atoms with van der Waals surface area (Å²) < 4.78 is 9.99. The Morgan fingerprint density at radius 3 is 3.00 bits per heavy atom. The first kappa shape index (κ1) is 14.6. The quantitative estimate of drug-likeness (QED) is 0.799. The molecule has 2 heterocycles. The van der Waals surface area contributed by atoms with Gasteiger partial charge in [0.1, 0.15) is 0 Å². The van der Waals surface area contributed by atoms with Gasteiger partial charge in [0.05, 0.1) is 32.2 Å². The Kier molecular flexibility index (Phi) is 5.64. The van der Waals surface area contributed by atoms with Crippen LogP contribution in [0.2, 0.25) is 0 Å². The second-order valence-electron chi connectivity index (χ2n) is 4.29. The van der Waals surface area contributed by atoms with Gasteiger partial charge in [-0.1, -0.05) is 6.07 Å². The fourth-order valence-corrected chi connectivity index (χ4v) is 2.48. The number of carbonyl (C=O) groups is 1. The van der Waals surface area contributed by atoms with E-state index < -0.39 is 0 Å². The van der Waals surface area contributed by atoms with E-state index in [1.807, 2.05) is 23.6 Å². The Bertz CT molecular complexity index is 460. The molecule has 0 atom stereocenters. The van der Waals surface area contributed by atoms with E-state index in [0.29, 0.717) is 26.2 Å². The van der Waals surface area contributed by atoms with Gasteiger partial charge < -0.3 is 19.4 Å². The highest BCUT2D eigenvalue weighted by molar-refractivity contribution is 7.09. The van der Waals surface area contributed by atoms with E-state index in [4.69, 9.17) is 9.15 Å². The maximum atomic E-state index is 12.2. The highest BCUT2D eigenvalue weighted by atomic mass is 32.1. The van der Waals surface area contributed by atoms with Crippen molar-refractivity contribution < 1.29 is 13.9 Å². The van der Waals surface area contributed by atoms with Crippen LogP contribution in [0.25, 0.3) is 0 Å². The summed E-state index contributed by atoms with van der Waals surface area (Å²) in [5.74, 6) is 0. The summed E-state index contributed by atoms with van der Waals surface area (Å²) in [5.41, 5.74) is 0.975. The fourth-order valence-electron chi connectivity index (χ4n) is 1.76. The summed E-state index contributed by atoms with van der Waals surface area (Å²) in [6.45, 7) is 2.11. The molecule has 0 unspecified atom stereocenters. The van der Waals surface area contributed by atoms with Crippen LogP contribution in [0.4, 0.5) is 4.79 Å². The van der Waals surface area contributed by atoms with Crippen molar-refractivity contribution in [2.75, 3.05) is 20.3 Å². The first-order valence-electron chi connectivity index (χ1n) is 6.35. The maximum absolute atomic E-state index is 12.2. The molecule has 0 fully saturated rings. The molecule has 1 N–H and O–H groups in total. The minimum absolute atomic E-state index is 0.100. The Hall–Kier alpha value is -1.79. The van der Waals surface area contributed by atoms with Gasteiger partial charge in [0.15, 0.2) is 0 Å². The molecule has 20 heavy (non-hydrogen) atoms. The Morgan fingerprint density at radius 1 is 1.45 bits per heavy atom. The molecule has 0 aliphatic rings. The van der Waals surface area contributed by atoms with Crippen LogP contribution in [0, 0.1) is 0 Å². The van der Waals surface area contributed by atoms with Crippen LogP contribution in [-0.4, -0.2) is 31.2 Å². The van der Waals surface area contributed by atoms with E-state index in [1.54, 1.807) is 35.9 Å². The third-order valence-corrected chi connectivity index (χ3v) is 3.61. The van der Waals surface area contributed by atoms with Crippen LogP contribution in [0.15, 0.2) is 40.5 Å². The van der Waals surface area contributed by atoms with Gasteiger partial charge in [0.25, 0.3) is 0 Å². The SMILES string of the molecule is COCCNC(=O)N(Cc1ccoc1)Cc1cccs1. The van der Waals surface area contributed by atoms with Crippen molar-refractivity contribution in [2.45, 2.75) is 13.1 Å². The molecule has 0 aliphatic heterocycles. The molecule has 0 bridgehead atoms.